The van der Waals surface area contributed by atoms with E-state index in [1.165, 1.54) is 12.8 Å². The number of hydrazine groups is 1. The molecule has 2 rings (SSSR count). The lowest BCUT2D eigenvalue weighted by atomic mass is 10.4. The summed E-state index contributed by atoms with van der Waals surface area (Å²) < 4.78 is 4.82. The minimum Gasteiger partial charge on any atom is -0.447 e. The molecule has 0 N–H and O–H groups in total. The Hall–Kier alpha value is -0.770. The van der Waals surface area contributed by atoms with Gasteiger partial charge in [-0.3, -0.25) is 0 Å². The first-order valence-electron chi connectivity index (χ1n) is 4.07. The van der Waals surface area contributed by atoms with Gasteiger partial charge in [0.25, 0.3) is 0 Å². The van der Waals surface area contributed by atoms with E-state index >= 15 is 0 Å². The number of rotatable bonds is 1. The third-order valence-corrected chi connectivity index (χ3v) is 2.16. The largest absolute Gasteiger partial charge is 0.447 e. The molecular formula is C7H12N2O2. The van der Waals surface area contributed by atoms with Crippen molar-refractivity contribution in [1.29, 1.82) is 0 Å². The molecular weight excluding hydrogens is 144 g/mol. The Bertz CT molecular complexity index is 166. The molecule has 0 aromatic carbocycles. The SMILES string of the molecule is O=C1OCCN1N1CCCC1. The summed E-state index contributed by atoms with van der Waals surface area (Å²) >= 11 is 0. The summed E-state index contributed by atoms with van der Waals surface area (Å²) in [6, 6.07) is 0. The van der Waals surface area contributed by atoms with Gasteiger partial charge in [-0.05, 0) is 12.8 Å². The van der Waals surface area contributed by atoms with Gasteiger partial charge in [0.05, 0.1) is 6.54 Å². The Morgan fingerprint density at radius 2 is 1.91 bits per heavy atom. The standard InChI is InChI=1S/C7H12N2O2/c10-7-9(5-6-11-7)8-3-1-2-4-8/h1-6H2. The van der Waals surface area contributed by atoms with E-state index in [-0.39, 0.29) is 6.09 Å². The molecule has 2 heterocycles. The Balaban J connectivity index is 1.97. The van der Waals surface area contributed by atoms with Crippen molar-refractivity contribution in [2.75, 3.05) is 26.2 Å². The highest BCUT2D eigenvalue weighted by Gasteiger charge is 2.29. The van der Waals surface area contributed by atoms with Crippen LogP contribution in [0.5, 0.6) is 0 Å². The van der Waals surface area contributed by atoms with Gasteiger partial charge in [0.15, 0.2) is 0 Å². The highest BCUT2D eigenvalue weighted by atomic mass is 16.6. The van der Waals surface area contributed by atoms with E-state index in [4.69, 9.17) is 4.74 Å². The van der Waals surface area contributed by atoms with Crippen LogP contribution in [0.25, 0.3) is 0 Å². The number of nitrogens with zero attached hydrogens (tertiary/aromatic N) is 2. The number of carbonyl (C=O) groups is 1. The summed E-state index contributed by atoms with van der Waals surface area (Å²) in [6.07, 6.45) is 2.22. The van der Waals surface area contributed by atoms with E-state index < -0.39 is 0 Å². The zero-order valence-corrected chi connectivity index (χ0v) is 6.45. The fourth-order valence-electron chi connectivity index (χ4n) is 1.58. The van der Waals surface area contributed by atoms with Crippen LogP contribution in [0, 0.1) is 0 Å². The zero-order chi connectivity index (χ0) is 7.68. The van der Waals surface area contributed by atoms with Gasteiger partial charge in [-0.25, -0.2) is 14.8 Å². The molecule has 4 heteroatoms. The minimum atomic E-state index is -0.174. The van der Waals surface area contributed by atoms with Gasteiger partial charge < -0.3 is 4.74 Å². The maximum atomic E-state index is 11.0. The highest BCUT2D eigenvalue weighted by Crippen LogP contribution is 2.14. The second kappa shape index (κ2) is 2.70. The molecule has 2 fully saturated rings. The molecule has 4 nitrogen and oxygen atoms in total. The number of hydrogen-bond donors (Lipinski definition) is 0. The van der Waals surface area contributed by atoms with Crippen LogP contribution >= 0.6 is 0 Å². The highest BCUT2D eigenvalue weighted by molar-refractivity contribution is 5.68. The molecule has 2 aliphatic heterocycles. The maximum Gasteiger partial charge on any atom is 0.424 e. The second-order valence-electron chi connectivity index (χ2n) is 2.90. The van der Waals surface area contributed by atoms with Crippen molar-refractivity contribution < 1.29 is 9.53 Å². The lowest BCUT2D eigenvalue weighted by Crippen LogP contribution is -2.41. The van der Waals surface area contributed by atoms with Gasteiger partial charge in [-0.15, -0.1) is 0 Å². The van der Waals surface area contributed by atoms with Crippen LogP contribution in [0.4, 0.5) is 4.79 Å². The number of amides is 1. The molecule has 1 amide bonds. The fourth-order valence-corrected chi connectivity index (χ4v) is 1.58. The van der Waals surface area contributed by atoms with Gasteiger partial charge in [-0.1, -0.05) is 0 Å². The number of hydrogen-bond acceptors (Lipinski definition) is 3. The Labute approximate surface area is 65.7 Å². The first-order valence-corrected chi connectivity index (χ1v) is 4.07. The van der Waals surface area contributed by atoms with Crippen LogP contribution < -0.4 is 0 Å². The number of cyclic esters (lactones) is 1. The Kier molecular flexibility index (Phi) is 1.69. The van der Waals surface area contributed by atoms with Crippen molar-refractivity contribution in [2.45, 2.75) is 12.8 Å². The average Bonchev–Trinajstić information content (AvgIpc) is 2.55. The topological polar surface area (TPSA) is 32.8 Å². The molecule has 0 aromatic heterocycles. The fraction of sp³-hybridized carbons (Fsp3) is 0.857. The van der Waals surface area contributed by atoms with Gasteiger partial charge in [0, 0.05) is 13.1 Å². The predicted octanol–water partition coefficient (Wildman–Crippen LogP) is 0.449. The van der Waals surface area contributed by atoms with Crippen LogP contribution in [-0.4, -0.2) is 42.4 Å². The minimum absolute atomic E-state index is 0.174. The molecule has 62 valence electrons. The molecule has 0 unspecified atom stereocenters. The van der Waals surface area contributed by atoms with Crippen LogP contribution in [0.3, 0.4) is 0 Å². The summed E-state index contributed by atoms with van der Waals surface area (Å²) in [5.74, 6) is 0. The van der Waals surface area contributed by atoms with E-state index in [1.54, 1.807) is 5.01 Å². The lowest BCUT2D eigenvalue weighted by Gasteiger charge is -2.23. The third kappa shape index (κ3) is 1.18. The Morgan fingerprint density at radius 1 is 1.18 bits per heavy atom. The van der Waals surface area contributed by atoms with E-state index in [0.717, 1.165) is 19.6 Å². The van der Waals surface area contributed by atoms with E-state index in [1.807, 2.05) is 0 Å². The summed E-state index contributed by atoms with van der Waals surface area (Å²) in [5, 5.41) is 3.79. The predicted molar refractivity (Wildman–Crippen MR) is 38.9 cm³/mol. The van der Waals surface area contributed by atoms with Crippen molar-refractivity contribution in [3.8, 4) is 0 Å². The quantitative estimate of drug-likeness (QED) is 0.552. The maximum absolute atomic E-state index is 11.0. The first-order chi connectivity index (χ1) is 5.38. The molecule has 0 spiro atoms. The molecule has 0 saturated carbocycles. The normalized spacial score (nSPS) is 26.2. The van der Waals surface area contributed by atoms with Gasteiger partial charge in [-0.2, -0.15) is 0 Å². The number of ether oxygens (including phenoxy) is 1. The Morgan fingerprint density at radius 3 is 2.45 bits per heavy atom. The molecule has 0 radical (unpaired) electrons. The molecule has 0 aromatic rings. The summed E-state index contributed by atoms with van der Waals surface area (Å²) in [4.78, 5) is 11.0. The number of carbonyl (C=O) groups excluding carboxylic acids is 1. The molecule has 0 aliphatic carbocycles. The van der Waals surface area contributed by atoms with Crippen LogP contribution in [0.1, 0.15) is 12.8 Å². The van der Waals surface area contributed by atoms with E-state index in [0.29, 0.717) is 6.61 Å². The van der Waals surface area contributed by atoms with Gasteiger partial charge >= 0.3 is 6.09 Å². The van der Waals surface area contributed by atoms with Crippen molar-refractivity contribution in [3.63, 3.8) is 0 Å². The van der Waals surface area contributed by atoms with Crippen molar-refractivity contribution >= 4 is 6.09 Å². The molecule has 0 atom stereocenters. The van der Waals surface area contributed by atoms with Crippen molar-refractivity contribution in [1.82, 2.24) is 10.0 Å². The van der Waals surface area contributed by atoms with Crippen molar-refractivity contribution in [3.05, 3.63) is 0 Å². The molecule has 11 heavy (non-hydrogen) atoms. The van der Waals surface area contributed by atoms with Crippen LogP contribution in [0.2, 0.25) is 0 Å². The van der Waals surface area contributed by atoms with Crippen molar-refractivity contribution in [2.24, 2.45) is 0 Å². The smallest absolute Gasteiger partial charge is 0.424 e. The van der Waals surface area contributed by atoms with Crippen LogP contribution in [-0.2, 0) is 4.74 Å². The molecule has 2 saturated heterocycles. The van der Waals surface area contributed by atoms with E-state index in [2.05, 4.69) is 5.01 Å². The van der Waals surface area contributed by atoms with Gasteiger partial charge in [0.1, 0.15) is 6.61 Å². The third-order valence-electron chi connectivity index (χ3n) is 2.16. The average molecular weight is 156 g/mol. The first kappa shape index (κ1) is 6.91. The monoisotopic (exact) mass is 156 g/mol. The molecule has 0 bridgehead atoms. The second-order valence-corrected chi connectivity index (χ2v) is 2.90. The lowest BCUT2D eigenvalue weighted by molar-refractivity contribution is 0.0456. The van der Waals surface area contributed by atoms with Gasteiger partial charge in [0.2, 0.25) is 0 Å². The van der Waals surface area contributed by atoms with Crippen LogP contribution in [0.15, 0.2) is 0 Å². The summed E-state index contributed by atoms with van der Waals surface area (Å²) in [6.45, 7) is 3.30. The zero-order valence-electron chi connectivity index (χ0n) is 6.45. The molecule has 2 aliphatic rings. The summed E-state index contributed by atoms with van der Waals surface area (Å²) in [7, 11) is 0. The van der Waals surface area contributed by atoms with E-state index in [9.17, 15) is 4.79 Å². The summed E-state index contributed by atoms with van der Waals surface area (Å²) in [5.41, 5.74) is 0.